The average Bonchev–Trinajstić information content (AvgIpc) is 3.56. The van der Waals surface area contributed by atoms with E-state index in [4.69, 9.17) is 5.73 Å². The average molecular weight is 558 g/mol. The molecule has 4 N–H and O–H groups in total. The smallest absolute Gasteiger partial charge is 0.351 e. The van der Waals surface area contributed by atoms with Gasteiger partial charge in [-0.1, -0.05) is 18.2 Å². The third-order valence-electron chi connectivity index (χ3n) is 5.86. The van der Waals surface area contributed by atoms with E-state index in [0.717, 1.165) is 0 Å². The van der Waals surface area contributed by atoms with E-state index in [0.29, 0.717) is 39.6 Å². The molecule has 0 atom stereocenters. The van der Waals surface area contributed by atoms with Crippen LogP contribution >= 0.6 is 11.3 Å². The van der Waals surface area contributed by atoms with Crippen molar-refractivity contribution >= 4 is 51.4 Å². The standard InChI is InChI=1S/C26H16F5N5O2S/c27-19-8-3-15(26(29,30)31)11-20(19)36(25(32)38)16-4-1-13(2-5-16)17-6-7-18-22(21(17)28)34-35-23(18)33-24(37)14-9-10-39-12-14/h1-12H,(H2,32,38)(H2,33,34,35,37). The van der Waals surface area contributed by atoms with Crippen molar-refractivity contribution in [2.45, 2.75) is 6.18 Å². The minimum absolute atomic E-state index is 0.0296. The van der Waals surface area contributed by atoms with Gasteiger partial charge in [0.25, 0.3) is 5.91 Å². The molecular formula is C26H16F5N5O2S. The van der Waals surface area contributed by atoms with E-state index in [2.05, 4.69) is 15.5 Å². The lowest BCUT2D eigenvalue weighted by Crippen LogP contribution is -2.32. The Morgan fingerprint density at radius 2 is 1.74 bits per heavy atom. The van der Waals surface area contributed by atoms with Crippen LogP contribution < -0.4 is 16.0 Å². The van der Waals surface area contributed by atoms with Crippen LogP contribution in [0.2, 0.25) is 0 Å². The molecule has 0 saturated heterocycles. The minimum Gasteiger partial charge on any atom is -0.351 e. The van der Waals surface area contributed by atoms with Gasteiger partial charge in [-0.05, 0) is 53.4 Å². The fraction of sp³-hybridized carbons (Fsp3) is 0.0385. The van der Waals surface area contributed by atoms with Crippen molar-refractivity contribution in [2.75, 3.05) is 10.2 Å². The fourth-order valence-electron chi connectivity index (χ4n) is 3.98. The molecule has 5 aromatic rings. The molecule has 0 spiro atoms. The summed E-state index contributed by atoms with van der Waals surface area (Å²) in [5.41, 5.74) is 4.41. The first kappa shape index (κ1) is 25.9. The quantitative estimate of drug-likeness (QED) is 0.202. The normalized spacial score (nSPS) is 11.5. The highest BCUT2D eigenvalue weighted by Gasteiger charge is 2.32. The molecule has 13 heteroatoms. The Morgan fingerprint density at radius 3 is 2.38 bits per heavy atom. The maximum absolute atomic E-state index is 15.4. The SMILES string of the molecule is NC(=O)N(c1ccc(-c2ccc3c(NC(=O)c4ccsc4)n[nH]c3c2F)cc1)c1cc(C(F)(F)F)ccc1F. The van der Waals surface area contributed by atoms with Crippen LogP contribution in [0, 0.1) is 11.6 Å². The van der Waals surface area contributed by atoms with Crippen LogP contribution in [0.3, 0.4) is 0 Å². The lowest BCUT2D eigenvalue weighted by molar-refractivity contribution is -0.137. The van der Waals surface area contributed by atoms with Crippen molar-refractivity contribution in [3.8, 4) is 11.1 Å². The topological polar surface area (TPSA) is 104 Å². The molecule has 0 aliphatic carbocycles. The molecule has 39 heavy (non-hydrogen) atoms. The summed E-state index contributed by atoms with van der Waals surface area (Å²) in [6, 6.07) is 10.4. The number of carbonyl (C=O) groups excluding carboxylic acids is 2. The number of nitrogens with zero attached hydrogens (tertiary/aromatic N) is 2. The van der Waals surface area contributed by atoms with Gasteiger partial charge in [0.15, 0.2) is 11.6 Å². The van der Waals surface area contributed by atoms with Crippen LogP contribution in [0.4, 0.5) is 43.9 Å². The van der Waals surface area contributed by atoms with Gasteiger partial charge in [-0.25, -0.2) is 13.6 Å². The maximum Gasteiger partial charge on any atom is 0.416 e. The number of H-pyrrole nitrogens is 1. The van der Waals surface area contributed by atoms with E-state index < -0.39 is 41.0 Å². The number of halogens is 5. The molecular weight excluding hydrogens is 541 g/mol. The molecule has 0 fully saturated rings. The van der Waals surface area contributed by atoms with E-state index >= 15 is 4.39 Å². The number of urea groups is 1. The van der Waals surface area contributed by atoms with Crippen LogP contribution in [0.15, 0.2) is 71.4 Å². The number of aromatic amines is 1. The van der Waals surface area contributed by atoms with E-state index in [1.54, 1.807) is 22.9 Å². The second-order valence-electron chi connectivity index (χ2n) is 8.27. The number of nitrogens with one attached hydrogen (secondary N) is 2. The van der Waals surface area contributed by atoms with Gasteiger partial charge in [0.05, 0.1) is 22.5 Å². The third kappa shape index (κ3) is 4.91. The number of hydrogen-bond donors (Lipinski definition) is 3. The summed E-state index contributed by atoms with van der Waals surface area (Å²) < 4.78 is 69.4. The first-order chi connectivity index (χ1) is 18.5. The zero-order valence-corrected chi connectivity index (χ0v) is 20.3. The zero-order valence-electron chi connectivity index (χ0n) is 19.5. The summed E-state index contributed by atoms with van der Waals surface area (Å²) in [7, 11) is 0. The number of nitrogens with two attached hydrogens (primary N) is 1. The first-order valence-electron chi connectivity index (χ1n) is 11.1. The number of alkyl halides is 3. The molecule has 7 nitrogen and oxygen atoms in total. The van der Waals surface area contributed by atoms with E-state index in [1.807, 2.05) is 0 Å². The molecule has 3 amide bonds. The van der Waals surface area contributed by atoms with Crippen molar-refractivity contribution in [1.29, 1.82) is 0 Å². The Kier molecular flexibility index (Phi) is 6.52. The van der Waals surface area contributed by atoms with E-state index in [9.17, 15) is 27.2 Å². The largest absolute Gasteiger partial charge is 0.416 e. The van der Waals surface area contributed by atoms with Gasteiger partial charge in [0, 0.05) is 16.3 Å². The Morgan fingerprint density at radius 1 is 1.00 bits per heavy atom. The second-order valence-corrected chi connectivity index (χ2v) is 9.05. The van der Waals surface area contributed by atoms with Crippen molar-refractivity contribution in [3.05, 3.63) is 94.2 Å². The molecule has 0 saturated carbocycles. The zero-order chi connectivity index (χ0) is 27.9. The van der Waals surface area contributed by atoms with Gasteiger partial charge >= 0.3 is 12.2 Å². The number of thiophene rings is 1. The highest BCUT2D eigenvalue weighted by Crippen LogP contribution is 2.37. The summed E-state index contributed by atoms with van der Waals surface area (Å²) in [5, 5.41) is 12.9. The molecule has 5 rings (SSSR count). The summed E-state index contributed by atoms with van der Waals surface area (Å²) >= 11 is 1.35. The number of anilines is 3. The van der Waals surface area contributed by atoms with Crippen LogP contribution in [0.25, 0.3) is 22.0 Å². The Hall–Kier alpha value is -4.78. The maximum atomic E-state index is 15.4. The van der Waals surface area contributed by atoms with E-state index in [1.165, 1.54) is 41.7 Å². The number of aromatic nitrogens is 2. The minimum atomic E-state index is -4.77. The number of primary amides is 1. The summed E-state index contributed by atoms with van der Waals surface area (Å²) in [5.74, 6) is -2.04. The second kappa shape index (κ2) is 9.83. The molecule has 0 aliphatic heterocycles. The van der Waals surface area contributed by atoms with Crippen molar-refractivity contribution in [3.63, 3.8) is 0 Å². The molecule has 0 radical (unpaired) electrons. The number of hydrogen-bond acceptors (Lipinski definition) is 4. The molecule has 2 aromatic heterocycles. The summed E-state index contributed by atoms with van der Waals surface area (Å²) in [4.78, 5) is 25.1. The van der Waals surface area contributed by atoms with Gasteiger partial charge in [0.1, 0.15) is 11.3 Å². The van der Waals surface area contributed by atoms with Crippen LogP contribution in [0.1, 0.15) is 15.9 Å². The molecule has 2 heterocycles. The number of amides is 3. The monoisotopic (exact) mass is 557 g/mol. The molecule has 0 unspecified atom stereocenters. The number of benzene rings is 3. The van der Waals surface area contributed by atoms with Gasteiger partial charge in [-0.15, -0.1) is 0 Å². The molecule has 3 aromatic carbocycles. The molecule has 0 bridgehead atoms. The van der Waals surface area contributed by atoms with Gasteiger partial charge in [0.2, 0.25) is 0 Å². The van der Waals surface area contributed by atoms with E-state index in [-0.39, 0.29) is 22.6 Å². The lowest BCUT2D eigenvalue weighted by Gasteiger charge is -2.22. The van der Waals surface area contributed by atoms with Gasteiger partial charge < -0.3 is 11.1 Å². The van der Waals surface area contributed by atoms with Crippen molar-refractivity contribution in [1.82, 2.24) is 10.2 Å². The Bertz CT molecular complexity index is 1700. The predicted octanol–water partition coefficient (Wildman–Crippen LogP) is 7.06. The molecule has 0 aliphatic rings. The highest BCUT2D eigenvalue weighted by molar-refractivity contribution is 7.08. The Balaban J connectivity index is 1.46. The van der Waals surface area contributed by atoms with Crippen LogP contribution in [0.5, 0.6) is 0 Å². The summed E-state index contributed by atoms with van der Waals surface area (Å²) in [6.45, 7) is 0. The number of rotatable bonds is 5. The highest BCUT2D eigenvalue weighted by atomic mass is 32.1. The Labute approximate surface area is 220 Å². The number of carbonyl (C=O) groups is 2. The van der Waals surface area contributed by atoms with Crippen LogP contribution in [-0.4, -0.2) is 22.1 Å². The lowest BCUT2D eigenvalue weighted by atomic mass is 10.0. The van der Waals surface area contributed by atoms with Crippen molar-refractivity contribution in [2.24, 2.45) is 5.73 Å². The fourth-order valence-corrected chi connectivity index (χ4v) is 4.62. The summed E-state index contributed by atoms with van der Waals surface area (Å²) in [6.07, 6.45) is -4.77. The van der Waals surface area contributed by atoms with Crippen LogP contribution in [-0.2, 0) is 6.18 Å². The number of fused-ring (bicyclic) bond motifs is 1. The van der Waals surface area contributed by atoms with Gasteiger partial charge in [-0.3, -0.25) is 14.8 Å². The van der Waals surface area contributed by atoms with Gasteiger partial charge in [-0.2, -0.15) is 29.6 Å². The van der Waals surface area contributed by atoms with Crippen molar-refractivity contribution < 1.29 is 31.5 Å². The first-order valence-corrected chi connectivity index (χ1v) is 12.1. The molecule has 198 valence electrons. The third-order valence-corrected chi connectivity index (χ3v) is 6.55. The predicted molar refractivity (Wildman–Crippen MR) is 137 cm³/mol.